The molecule has 4 aliphatic rings. The van der Waals surface area contributed by atoms with Crippen LogP contribution in [0.5, 0.6) is 0 Å². The highest BCUT2D eigenvalue weighted by Crippen LogP contribution is 2.66. The van der Waals surface area contributed by atoms with Crippen molar-refractivity contribution in [1.29, 1.82) is 0 Å². The third kappa shape index (κ3) is 3.41. The fraction of sp³-hybridized carbons (Fsp3) is 0.926. The van der Waals surface area contributed by atoms with Crippen LogP contribution in [-0.2, 0) is 4.43 Å². The van der Waals surface area contributed by atoms with Crippen LogP contribution in [-0.4, -0.2) is 25.6 Å². The lowest BCUT2D eigenvalue weighted by atomic mass is 9.45. The van der Waals surface area contributed by atoms with Crippen molar-refractivity contribution in [2.75, 3.05) is 0 Å². The fourth-order valence-electron chi connectivity index (χ4n) is 7.84. The van der Waals surface area contributed by atoms with Crippen molar-refractivity contribution >= 4 is 8.32 Å². The Morgan fingerprint density at radius 3 is 2.40 bits per heavy atom. The van der Waals surface area contributed by atoms with Crippen LogP contribution in [0.1, 0.15) is 92.9 Å². The van der Waals surface area contributed by atoms with Crippen LogP contribution in [0.3, 0.4) is 0 Å². The van der Waals surface area contributed by atoms with Gasteiger partial charge in [-0.25, -0.2) is 0 Å². The minimum atomic E-state index is -1.72. The third-order valence-electron chi connectivity index (χ3n) is 10.9. The number of rotatable bonds is 3. The zero-order valence-electron chi connectivity index (χ0n) is 21.1. The van der Waals surface area contributed by atoms with Crippen molar-refractivity contribution in [3.8, 4) is 0 Å². The Hall–Kier alpha value is -0.123. The monoisotopic (exact) mass is 432 g/mol. The lowest BCUT2D eigenvalue weighted by Crippen LogP contribution is -2.54. The van der Waals surface area contributed by atoms with Crippen molar-refractivity contribution < 1.29 is 9.53 Å². The highest BCUT2D eigenvalue weighted by molar-refractivity contribution is 6.74. The summed E-state index contributed by atoms with van der Waals surface area (Å²) in [4.78, 5) is 0. The second-order valence-corrected chi connectivity index (χ2v) is 18.1. The lowest BCUT2D eigenvalue weighted by Gasteiger charge is -2.60. The predicted octanol–water partition coefficient (Wildman–Crippen LogP) is 7.34. The van der Waals surface area contributed by atoms with Crippen molar-refractivity contribution in [2.24, 2.45) is 34.5 Å². The van der Waals surface area contributed by atoms with Gasteiger partial charge in [0.2, 0.25) is 0 Å². The molecular formula is C27H48O2Si. The first-order valence-corrected chi connectivity index (χ1v) is 15.8. The normalized spacial score (nSPS) is 46.6. The molecule has 0 spiro atoms. The third-order valence-corrected chi connectivity index (χ3v) is 15.5. The first-order valence-electron chi connectivity index (χ1n) is 12.9. The topological polar surface area (TPSA) is 29.5 Å². The van der Waals surface area contributed by atoms with Gasteiger partial charge in [0.05, 0.1) is 6.10 Å². The molecule has 0 aromatic heterocycles. The maximum absolute atomic E-state index is 10.8. The molecule has 3 heteroatoms. The average molecular weight is 433 g/mol. The molecule has 8 atom stereocenters. The summed E-state index contributed by atoms with van der Waals surface area (Å²) in [6.07, 6.45) is 12.8. The summed E-state index contributed by atoms with van der Waals surface area (Å²) < 4.78 is 6.91. The van der Waals surface area contributed by atoms with Crippen molar-refractivity contribution in [3.63, 3.8) is 0 Å². The highest BCUT2D eigenvalue weighted by atomic mass is 28.4. The van der Waals surface area contributed by atoms with E-state index < -0.39 is 8.32 Å². The second kappa shape index (κ2) is 7.45. The van der Waals surface area contributed by atoms with Gasteiger partial charge in [-0.3, -0.25) is 0 Å². The minimum absolute atomic E-state index is 0.0761. The van der Waals surface area contributed by atoms with Crippen molar-refractivity contribution in [3.05, 3.63) is 11.6 Å². The molecule has 0 bridgehead atoms. The summed E-state index contributed by atoms with van der Waals surface area (Å²) in [5, 5.41) is 11.1. The number of hydrogen-bond donors (Lipinski definition) is 1. The van der Waals surface area contributed by atoms with Gasteiger partial charge >= 0.3 is 0 Å². The summed E-state index contributed by atoms with van der Waals surface area (Å²) in [6.45, 7) is 19.3. The van der Waals surface area contributed by atoms with E-state index in [1.54, 1.807) is 5.57 Å². The largest absolute Gasteiger partial charge is 0.414 e. The van der Waals surface area contributed by atoms with Gasteiger partial charge in [0.1, 0.15) is 0 Å². The molecule has 3 fully saturated rings. The molecule has 4 aliphatic carbocycles. The smallest absolute Gasteiger partial charge is 0.192 e. The number of allylic oxidation sites excluding steroid dienone is 1. The lowest BCUT2D eigenvalue weighted by molar-refractivity contribution is -0.0870. The second-order valence-electron chi connectivity index (χ2n) is 13.4. The Morgan fingerprint density at radius 2 is 1.77 bits per heavy atom. The zero-order chi connectivity index (χ0) is 22.1. The molecular weight excluding hydrogens is 384 g/mol. The molecule has 2 nitrogen and oxygen atoms in total. The molecule has 1 unspecified atom stereocenters. The van der Waals surface area contributed by atoms with E-state index >= 15 is 0 Å². The molecule has 1 N–H and O–H groups in total. The molecule has 0 aromatic carbocycles. The van der Waals surface area contributed by atoms with E-state index in [9.17, 15) is 5.11 Å². The molecule has 0 amide bonds. The zero-order valence-corrected chi connectivity index (χ0v) is 22.1. The fourth-order valence-corrected chi connectivity index (χ4v) is 9.23. The number of aliphatic hydroxyl groups is 1. The molecule has 0 aliphatic heterocycles. The van der Waals surface area contributed by atoms with Crippen LogP contribution >= 0.6 is 0 Å². The Bertz CT molecular complexity index is 691. The van der Waals surface area contributed by atoms with E-state index in [1.165, 1.54) is 38.5 Å². The van der Waals surface area contributed by atoms with Crippen LogP contribution in [0, 0.1) is 34.5 Å². The number of fused-ring (bicyclic) bond motifs is 5. The average Bonchev–Trinajstić information content (AvgIpc) is 2.95. The van der Waals surface area contributed by atoms with Crippen LogP contribution in [0.25, 0.3) is 0 Å². The Kier molecular flexibility index (Phi) is 5.73. The predicted molar refractivity (Wildman–Crippen MR) is 129 cm³/mol. The maximum atomic E-state index is 10.8. The van der Waals surface area contributed by atoms with Gasteiger partial charge in [0, 0.05) is 6.10 Å². The number of aliphatic hydroxyl groups excluding tert-OH is 1. The van der Waals surface area contributed by atoms with Gasteiger partial charge in [-0.2, -0.15) is 0 Å². The summed E-state index contributed by atoms with van der Waals surface area (Å²) >= 11 is 0. The SMILES string of the molecule is CC[C@H]1C=C2C[C@@H](O[Si](C)(C)C(C)(C)C)CC[C@]2(C)[C@H]2CC[C@]3(C)C(O)CC[C@H]3[C@H]12. The maximum Gasteiger partial charge on any atom is 0.192 e. The molecule has 30 heavy (non-hydrogen) atoms. The van der Waals surface area contributed by atoms with Crippen LogP contribution in [0.4, 0.5) is 0 Å². The van der Waals surface area contributed by atoms with E-state index in [0.29, 0.717) is 23.4 Å². The standard InChI is InChI=1S/C27H48O2Si/c1-9-18-16-19-17-20(29-30(7,8)25(2,3)4)12-14-26(19,5)22-13-15-27(6)21(24(18)22)10-11-23(27)28/h16,18,20-24,28H,9-15,17H2,1-8H3/t18-,20-,21-,22-,23?,24-,26-,27-/m0/s1. The minimum Gasteiger partial charge on any atom is -0.414 e. The quantitative estimate of drug-likeness (QED) is 0.373. The van der Waals surface area contributed by atoms with E-state index in [-0.39, 0.29) is 16.6 Å². The van der Waals surface area contributed by atoms with Crippen LogP contribution in [0.2, 0.25) is 18.1 Å². The Labute approximate surface area is 187 Å². The summed E-state index contributed by atoms with van der Waals surface area (Å²) in [5.41, 5.74) is 2.25. The van der Waals surface area contributed by atoms with Gasteiger partial charge in [-0.05, 0) is 104 Å². The van der Waals surface area contributed by atoms with Gasteiger partial charge in [-0.15, -0.1) is 0 Å². The first-order chi connectivity index (χ1) is 13.8. The molecule has 0 heterocycles. The van der Waals surface area contributed by atoms with Crippen molar-refractivity contribution in [2.45, 2.75) is 123 Å². The van der Waals surface area contributed by atoms with Crippen LogP contribution in [0.15, 0.2) is 11.6 Å². The van der Waals surface area contributed by atoms with E-state index in [0.717, 1.165) is 24.7 Å². The van der Waals surface area contributed by atoms with Crippen molar-refractivity contribution in [1.82, 2.24) is 0 Å². The van der Waals surface area contributed by atoms with Gasteiger partial charge < -0.3 is 9.53 Å². The van der Waals surface area contributed by atoms with Gasteiger partial charge in [0.15, 0.2) is 8.32 Å². The van der Waals surface area contributed by atoms with Crippen LogP contribution < -0.4 is 0 Å². The van der Waals surface area contributed by atoms with E-state index in [4.69, 9.17) is 4.43 Å². The van der Waals surface area contributed by atoms with E-state index in [2.05, 4.69) is 60.7 Å². The summed E-state index contributed by atoms with van der Waals surface area (Å²) in [7, 11) is -1.72. The molecule has 0 saturated heterocycles. The van der Waals surface area contributed by atoms with Gasteiger partial charge in [0.25, 0.3) is 0 Å². The summed E-state index contributed by atoms with van der Waals surface area (Å²) in [6, 6.07) is 0. The number of hydrogen-bond acceptors (Lipinski definition) is 2. The molecule has 172 valence electrons. The van der Waals surface area contributed by atoms with Gasteiger partial charge in [-0.1, -0.05) is 53.2 Å². The molecule has 0 radical (unpaired) electrons. The Morgan fingerprint density at radius 1 is 1.07 bits per heavy atom. The van der Waals surface area contributed by atoms with E-state index in [1.807, 2.05) is 0 Å². The molecule has 4 rings (SSSR count). The molecule has 0 aromatic rings. The highest BCUT2D eigenvalue weighted by Gasteiger charge is 2.60. The molecule has 3 saturated carbocycles. The summed E-state index contributed by atoms with van der Waals surface area (Å²) in [5.74, 6) is 2.99. The Balaban J connectivity index is 1.61. The first kappa shape index (κ1) is 23.0.